The van der Waals surface area contributed by atoms with Gasteiger partial charge in [-0.1, -0.05) is 6.08 Å². The molecule has 0 aliphatic heterocycles. The molecule has 4 aromatic rings. The SMILES string of the molecule is CN(C/C=C/C(=O)Nc1cc2c(Nc3ccc(F)c(Br)c3)ncnc2cn1)Cc1c([N+](=O)[O-])[nH]n1C. The highest BCUT2D eigenvalue weighted by atomic mass is 79.9. The molecule has 0 saturated carbocycles. The highest BCUT2D eigenvalue weighted by Crippen LogP contribution is 2.27. The summed E-state index contributed by atoms with van der Waals surface area (Å²) in [5.74, 6) is -0.0404. The van der Waals surface area contributed by atoms with Crippen LogP contribution in [0, 0.1) is 15.9 Å². The molecule has 36 heavy (non-hydrogen) atoms. The number of hydrogen-bond acceptors (Lipinski definition) is 8. The average Bonchev–Trinajstić information content (AvgIpc) is 2.83. The lowest BCUT2D eigenvalue weighted by molar-refractivity contribution is -0.394. The second-order valence-electron chi connectivity index (χ2n) is 7.87. The van der Waals surface area contributed by atoms with Crippen LogP contribution in [0.25, 0.3) is 10.9 Å². The van der Waals surface area contributed by atoms with Crippen molar-refractivity contribution in [2.45, 2.75) is 6.54 Å². The van der Waals surface area contributed by atoms with Crippen molar-refractivity contribution in [3.8, 4) is 0 Å². The number of benzene rings is 1. The van der Waals surface area contributed by atoms with E-state index in [0.717, 1.165) is 0 Å². The van der Waals surface area contributed by atoms with E-state index < -0.39 is 10.8 Å². The van der Waals surface area contributed by atoms with Crippen LogP contribution >= 0.6 is 15.9 Å². The monoisotopic (exact) mass is 557 g/mol. The van der Waals surface area contributed by atoms with Gasteiger partial charge in [0.2, 0.25) is 5.91 Å². The predicted octanol–water partition coefficient (Wildman–Crippen LogP) is 3.87. The molecule has 3 aromatic heterocycles. The maximum absolute atomic E-state index is 13.5. The van der Waals surface area contributed by atoms with Crippen LogP contribution in [0.2, 0.25) is 0 Å². The third-order valence-electron chi connectivity index (χ3n) is 5.20. The molecule has 1 aromatic carbocycles. The van der Waals surface area contributed by atoms with Crippen LogP contribution in [-0.2, 0) is 18.4 Å². The molecular weight excluding hydrogens is 537 g/mol. The minimum atomic E-state index is -0.465. The Balaban J connectivity index is 1.40. The first kappa shape index (κ1) is 24.9. The minimum absolute atomic E-state index is 0.0293. The van der Waals surface area contributed by atoms with Gasteiger partial charge in [-0.2, -0.15) is 5.10 Å². The fourth-order valence-corrected chi connectivity index (χ4v) is 3.77. The van der Waals surface area contributed by atoms with Crippen molar-refractivity contribution in [3.63, 3.8) is 0 Å². The van der Waals surface area contributed by atoms with Crippen molar-refractivity contribution in [2.75, 3.05) is 24.2 Å². The molecule has 1 amide bonds. The molecule has 3 N–H and O–H groups in total. The van der Waals surface area contributed by atoms with E-state index in [-0.39, 0.29) is 11.6 Å². The Kier molecular flexibility index (Phi) is 7.36. The number of hydrogen-bond donors (Lipinski definition) is 3. The summed E-state index contributed by atoms with van der Waals surface area (Å²) in [4.78, 5) is 37.4. The van der Waals surface area contributed by atoms with E-state index in [1.807, 2.05) is 4.90 Å². The Hall–Kier alpha value is -4.17. The molecule has 0 atom stereocenters. The van der Waals surface area contributed by atoms with Crippen molar-refractivity contribution < 1.29 is 14.1 Å². The van der Waals surface area contributed by atoms with Crippen molar-refractivity contribution >= 4 is 55.9 Å². The first-order chi connectivity index (χ1) is 17.2. The quantitative estimate of drug-likeness (QED) is 0.159. The van der Waals surface area contributed by atoms with E-state index in [0.29, 0.717) is 51.5 Å². The molecule has 186 valence electrons. The lowest BCUT2D eigenvalue weighted by Crippen LogP contribution is -2.26. The molecular formula is C22H21BrFN9O3. The van der Waals surface area contributed by atoms with Gasteiger partial charge in [0, 0.05) is 30.7 Å². The van der Waals surface area contributed by atoms with E-state index in [9.17, 15) is 19.3 Å². The van der Waals surface area contributed by atoms with Crippen LogP contribution in [-0.4, -0.2) is 54.1 Å². The third-order valence-corrected chi connectivity index (χ3v) is 5.80. The van der Waals surface area contributed by atoms with E-state index in [2.05, 4.69) is 46.6 Å². The number of likely N-dealkylation sites (N-methyl/N-ethyl adjacent to an activating group) is 1. The Morgan fingerprint density at radius 2 is 2.14 bits per heavy atom. The Labute approximate surface area is 212 Å². The number of H-pyrrole nitrogens is 1. The molecule has 0 aliphatic rings. The Morgan fingerprint density at radius 1 is 1.33 bits per heavy atom. The normalized spacial score (nSPS) is 11.5. The number of carbonyl (C=O) groups is 1. The van der Waals surface area contributed by atoms with Gasteiger partial charge in [0.1, 0.15) is 23.8 Å². The standard InChI is InChI=1S/C22H21BrFN9O3/c1-31(11-18-22(33(35)36)30-32(18)2)7-3-4-20(34)29-19-9-14-17(10-25-19)26-12-27-21(14)28-13-5-6-16(24)15(23)8-13/h3-6,8-10,12,30H,7,11H2,1-2H3,(H,25,29,34)(H,26,27,28)/b4-3+. The number of aromatic amines is 1. The lowest BCUT2D eigenvalue weighted by atomic mass is 10.2. The summed E-state index contributed by atoms with van der Waals surface area (Å²) in [6, 6.07) is 6.13. The lowest BCUT2D eigenvalue weighted by Gasteiger charge is -2.18. The predicted molar refractivity (Wildman–Crippen MR) is 135 cm³/mol. The molecule has 4 rings (SSSR count). The number of pyridine rings is 1. The summed E-state index contributed by atoms with van der Waals surface area (Å²) in [5, 5.41) is 20.0. The van der Waals surface area contributed by atoms with Crippen molar-refractivity contribution in [1.82, 2.24) is 29.6 Å². The van der Waals surface area contributed by atoms with Gasteiger partial charge < -0.3 is 20.7 Å². The van der Waals surface area contributed by atoms with E-state index in [1.54, 1.807) is 43.1 Å². The molecule has 0 unspecified atom stereocenters. The summed E-state index contributed by atoms with van der Waals surface area (Å²) in [7, 11) is 3.48. The van der Waals surface area contributed by atoms with Gasteiger partial charge in [-0.3, -0.25) is 9.69 Å². The number of amides is 1. The minimum Gasteiger partial charge on any atom is -0.358 e. The number of aromatic nitrogens is 5. The van der Waals surface area contributed by atoms with Crippen LogP contribution < -0.4 is 10.6 Å². The van der Waals surface area contributed by atoms with Crippen molar-refractivity contribution in [1.29, 1.82) is 0 Å². The molecule has 12 nitrogen and oxygen atoms in total. The maximum Gasteiger partial charge on any atom is 0.363 e. The average molecular weight is 558 g/mol. The number of fused-ring (bicyclic) bond motifs is 1. The van der Waals surface area contributed by atoms with Gasteiger partial charge in [-0.25, -0.2) is 24.0 Å². The highest BCUT2D eigenvalue weighted by molar-refractivity contribution is 9.10. The van der Waals surface area contributed by atoms with Crippen LogP contribution in [0.1, 0.15) is 5.69 Å². The van der Waals surface area contributed by atoms with Crippen molar-refractivity contribution in [2.24, 2.45) is 7.05 Å². The summed E-state index contributed by atoms with van der Waals surface area (Å²) in [6.07, 6.45) is 5.91. The number of aryl methyl sites for hydroxylation is 1. The summed E-state index contributed by atoms with van der Waals surface area (Å²) < 4.78 is 15.4. The largest absolute Gasteiger partial charge is 0.363 e. The zero-order valence-electron chi connectivity index (χ0n) is 19.2. The first-order valence-corrected chi connectivity index (χ1v) is 11.4. The number of nitrogens with one attached hydrogen (secondary N) is 3. The van der Waals surface area contributed by atoms with E-state index in [1.165, 1.54) is 24.7 Å². The first-order valence-electron chi connectivity index (χ1n) is 10.6. The number of nitro groups is 1. The van der Waals surface area contributed by atoms with Gasteiger partial charge >= 0.3 is 5.82 Å². The van der Waals surface area contributed by atoms with Gasteiger partial charge in [0.05, 0.1) is 22.7 Å². The molecule has 0 radical (unpaired) electrons. The molecule has 0 spiro atoms. The fourth-order valence-electron chi connectivity index (χ4n) is 3.39. The maximum atomic E-state index is 13.5. The summed E-state index contributed by atoms with van der Waals surface area (Å²) in [6.45, 7) is 0.744. The zero-order chi connectivity index (χ0) is 25.8. The van der Waals surface area contributed by atoms with Crippen molar-refractivity contribution in [3.05, 3.63) is 75.0 Å². The highest BCUT2D eigenvalue weighted by Gasteiger charge is 2.22. The molecule has 0 bridgehead atoms. The number of rotatable bonds is 9. The second-order valence-corrected chi connectivity index (χ2v) is 8.73. The van der Waals surface area contributed by atoms with Crippen LogP contribution in [0.5, 0.6) is 0 Å². The van der Waals surface area contributed by atoms with Gasteiger partial charge in [0.15, 0.2) is 5.69 Å². The Bertz CT molecular complexity index is 1470. The number of carbonyl (C=O) groups excluding carboxylic acids is 1. The number of anilines is 3. The van der Waals surface area contributed by atoms with E-state index >= 15 is 0 Å². The fraction of sp³-hybridized carbons (Fsp3) is 0.182. The Morgan fingerprint density at radius 3 is 2.86 bits per heavy atom. The number of nitrogens with zero attached hydrogens (tertiary/aromatic N) is 6. The van der Waals surface area contributed by atoms with E-state index in [4.69, 9.17) is 0 Å². The topological polar surface area (TPSA) is 147 Å². The summed E-state index contributed by atoms with van der Waals surface area (Å²) in [5.41, 5.74) is 1.73. The molecule has 3 heterocycles. The van der Waals surface area contributed by atoms with Crippen LogP contribution in [0.4, 0.5) is 27.5 Å². The third kappa shape index (κ3) is 5.72. The smallest absolute Gasteiger partial charge is 0.358 e. The van der Waals surface area contributed by atoms with Gasteiger partial charge in [-0.15, -0.1) is 0 Å². The molecule has 14 heteroatoms. The zero-order valence-corrected chi connectivity index (χ0v) is 20.8. The summed E-state index contributed by atoms with van der Waals surface area (Å²) >= 11 is 3.16. The number of halogens is 2. The van der Waals surface area contributed by atoms with Gasteiger partial charge in [0.25, 0.3) is 0 Å². The van der Waals surface area contributed by atoms with Crippen LogP contribution in [0.3, 0.4) is 0 Å². The van der Waals surface area contributed by atoms with Crippen LogP contribution in [0.15, 0.2) is 53.4 Å². The molecule has 0 saturated heterocycles. The second kappa shape index (κ2) is 10.6. The van der Waals surface area contributed by atoms with Gasteiger partial charge in [-0.05, 0) is 52.2 Å². The molecule has 0 aliphatic carbocycles. The molecule has 0 fully saturated rings.